The number of anilines is 1. The highest BCUT2D eigenvalue weighted by Gasteiger charge is 2.28. The lowest BCUT2D eigenvalue weighted by molar-refractivity contribution is -0.149. The van der Waals surface area contributed by atoms with Crippen LogP contribution in [0.5, 0.6) is 0 Å². The number of hydrogen-bond acceptors (Lipinski definition) is 6. The first kappa shape index (κ1) is 24.4. The van der Waals surface area contributed by atoms with Gasteiger partial charge in [0.15, 0.2) is 5.96 Å². The number of aliphatic imine (C=N–C) groups is 1. The Morgan fingerprint density at radius 3 is 2.39 bits per heavy atom. The maximum atomic E-state index is 13.3. The number of ether oxygens (including phenoxy) is 1. The Morgan fingerprint density at radius 1 is 1.13 bits per heavy atom. The van der Waals surface area contributed by atoms with E-state index in [1.807, 2.05) is 31.1 Å². The van der Waals surface area contributed by atoms with Gasteiger partial charge in [-0.3, -0.25) is 9.79 Å². The van der Waals surface area contributed by atoms with Crippen molar-refractivity contribution in [3.05, 3.63) is 36.4 Å². The van der Waals surface area contributed by atoms with Gasteiger partial charge in [0.25, 0.3) is 0 Å². The molecule has 31 heavy (non-hydrogen) atoms. The molecule has 2 aromatic rings. The van der Waals surface area contributed by atoms with Gasteiger partial charge >= 0.3 is 5.97 Å². The Kier molecular flexibility index (Phi) is 8.23. The molecule has 0 aromatic heterocycles. The quantitative estimate of drug-likeness (QED) is 0.216. The van der Waals surface area contributed by atoms with E-state index in [0.717, 1.165) is 11.1 Å². The minimum absolute atomic E-state index is 0.0608. The number of rotatable bonds is 10. The van der Waals surface area contributed by atoms with E-state index in [1.165, 1.54) is 6.07 Å². The molecule has 0 unspecified atom stereocenters. The number of nitrogens with two attached hydrogens (primary N) is 2. The van der Waals surface area contributed by atoms with Crippen molar-refractivity contribution in [2.24, 2.45) is 16.5 Å². The summed E-state index contributed by atoms with van der Waals surface area (Å²) in [5.41, 5.74) is 11.5. The van der Waals surface area contributed by atoms with Crippen molar-refractivity contribution in [1.29, 1.82) is 0 Å². The fourth-order valence-corrected chi connectivity index (χ4v) is 4.62. The molecule has 0 radical (unpaired) electrons. The lowest BCUT2D eigenvalue weighted by Gasteiger charge is -2.20. The highest BCUT2D eigenvalue weighted by atomic mass is 32.2. The number of guanidine groups is 1. The van der Waals surface area contributed by atoms with Crippen LogP contribution in [0.1, 0.15) is 26.7 Å². The van der Waals surface area contributed by atoms with Crippen LogP contribution in [0.2, 0.25) is 0 Å². The number of carbonyl (C=O) groups excluding carboxylic acids is 1. The number of hydrogen-bond donors (Lipinski definition) is 3. The van der Waals surface area contributed by atoms with Gasteiger partial charge in [-0.25, -0.2) is 8.42 Å². The zero-order valence-electron chi connectivity index (χ0n) is 18.3. The molecule has 0 heterocycles. The van der Waals surface area contributed by atoms with Crippen LogP contribution >= 0.6 is 0 Å². The topological polar surface area (TPSA) is 140 Å². The van der Waals surface area contributed by atoms with Crippen molar-refractivity contribution < 1.29 is 17.9 Å². The van der Waals surface area contributed by atoms with Crippen LogP contribution in [0.3, 0.4) is 0 Å². The summed E-state index contributed by atoms with van der Waals surface area (Å²) in [6, 6.07) is 9.47. The van der Waals surface area contributed by atoms with Crippen molar-refractivity contribution in [3.8, 4) is 0 Å². The first-order valence-electron chi connectivity index (χ1n) is 10.00. The molecule has 0 bridgehead atoms. The summed E-state index contributed by atoms with van der Waals surface area (Å²) in [6.07, 6.45) is 0.214. The van der Waals surface area contributed by atoms with Gasteiger partial charge in [-0.15, -0.1) is 0 Å². The molecule has 0 aliphatic heterocycles. The van der Waals surface area contributed by atoms with Crippen LogP contribution < -0.4 is 21.1 Å². The molecule has 0 fully saturated rings. The molecule has 2 aromatic carbocycles. The third kappa shape index (κ3) is 6.56. The zero-order valence-corrected chi connectivity index (χ0v) is 19.1. The molecule has 0 saturated heterocycles. The van der Waals surface area contributed by atoms with Gasteiger partial charge in [0.2, 0.25) is 10.0 Å². The van der Waals surface area contributed by atoms with Crippen LogP contribution in [-0.4, -0.2) is 53.1 Å². The monoisotopic (exact) mass is 449 g/mol. The van der Waals surface area contributed by atoms with E-state index in [9.17, 15) is 13.2 Å². The maximum Gasteiger partial charge on any atom is 0.324 e. The first-order chi connectivity index (χ1) is 14.5. The van der Waals surface area contributed by atoms with Gasteiger partial charge < -0.3 is 21.1 Å². The molecule has 5 N–H and O–H groups in total. The van der Waals surface area contributed by atoms with Crippen molar-refractivity contribution in [2.75, 3.05) is 25.5 Å². The van der Waals surface area contributed by atoms with Crippen LogP contribution in [0, 0.1) is 0 Å². The third-order valence-electron chi connectivity index (χ3n) is 4.51. The summed E-state index contributed by atoms with van der Waals surface area (Å²) in [5, 5.41) is 1.36. The second-order valence-corrected chi connectivity index (χ2v) is 9.31. The minimum Gasteiger partial charge on any atom is -0.462 e. The van der Waals surface area contributed by atoms with E-state index in [-0.39, 0.29) is 29.9 Å². The summed E-state index contributed by atoms with van der Waals surface area (Å²) < 4.78 is 34.3. The predicted octanol–water partition coefficient (Wildman–Crippen LogP) is 1.56. The Balaban J connectivity index is 2.38. The highest BCUT2D eigenvalue weighted by Crippen LogP contribution is 2.30. The van der Waals surface area contributed by atoms with Gasteiger partial charge in [0, 0.05) is 37.1 Å². The van der Waals surface area contributed by atoms with E-state index in [0.29, 0.717) is 11.8 Å². The van der Waals surface area contributed by atoms with Crippen molar-refractivity contribution in [3.63, 3.8) is 0 Å². The second kappa shape index (κ2) is 10.5. The van der Waals surface area contributed by atoms with Crippen LogP contribution in [0.15, 0.2) is 46.3 Å². The Morgan fingerprint density at radius 2 is 1.77 bits per heavy atom. The smallest absolute Gasteiger partial charge is 0.324 e. The van der Waals surface area contributed by atoms with Gasteiger partial charge in [-0.1, -0.05) is 24.3 Å². The summed E-state index contributed by atoms with van der Waals surface area (Å²) in [6.45, 7) is 3.68. The number of fused-ring (bicyclic) bond motifs is 1. The lowest BCUT2D eigenvalue weighted by Crippen LogP contribution is -2.42. The third-order valence-corrected chi connectivity index (χ3v) is 6.04. The molecule has 0 spiro atoms. The number of nitrogens with one attached hydrogen (secondary N) is 1. The van der Waals surface area contributed by atoms with Crippen molar-refractivity contribution in [2.45, 2.75) is 43.7 Å². The Hall–Kier alpha value is -2.85. The lowest BCUT2D eigenvalue weighted by atomic mass is 10.1. The largest absolute Gasteiger partial charge is 0.462 e. The van der Waals surface area contributed by atoms with Gasteiger partial charge in [-0.05, 0) is 38.8 Å². The van der Waals surface area contributed by atoms with Crippen molar-refractivity contribution >= 4 is 38.4 Å². The van der Waals surface area contributed by atoms with E-state index in [4.69, 9.17) is 16.2 Å². The predicted molar refractivity (Wildman–Crippen MR) is 124 cm³/mol. The maximum absolute atomic E-state index is 13.3. The molecule has 10 heteroatoms. The number of nitrogens with zero attached hydrogens (tertiary/aromatic N) is 2. The first-order valence-corrected chi connectivity index (χ1v) is 11.5. The van der Waals surface area contributed by atoms with Crippen molar-refractivity contribution in [1.82, 2.24) is 4.72 Å². The summed E-state index contributed by atoms with van der Waals surface area (Å²) in [4.78, 5) is 18.4. The van der Waals surface area contributed by atoms with E-state index >= 15 is 0 Å². The second-order valence-electron chi connectivity index (χ2n) is 7.63. The molecule has 1 atom stereocenters. The fourth-order valence-electron chi connectivity index (χ4n) is 3.18. The normalized spacial score (nSPS) is 12.5. The number of sulfonamides is 1. The average Bonchev–Trinajstić information content (AvgIpc) is 2.68. The Labute approximate surface area is 183 Å². The Bertz CT molecular complexity index is 1050. The minimum atomic E-state index is -4.02. The fraction of sp³-hybridized carbons (Fsp3) is 0.429. The van der Waals surface area contributed by atoms with Crippen LogP contribution in [0.4, 0.5) is 5.69 Å². The van der Waals surface area contributed by atoms with Gasteiger partial charge in [-0.2, -0.15) is 4.72 Å². The molecule has 2 rings (SSSR count). The average molecular weight is 450 g/mol. The molecule has 0 aliphatic rings. The van der Waals surface area contributed by atoms with E-state index in [2.05, 4.69) is 9.71 Å². The summed E-state index contributed by atoms with van der Waals surface area (Å²) >= 11 is 0. The molecule has 0 aliphatic carbocycles. The van der Waals surface area contributed by atoms with E-state index < -0.39 is 22.0 Å². The zero-order chi connectivity index (χ0) is 23.2. The number of benzene rings is 2. The number of carbonyl (C=O) groups is 1. The van der Waals surface area contributed by atoms with Gasteiger partial charge in [0.1, 0.15) is 6.04 Å². The molecular formula is C21H31N5O4S. The molecule has 170 valence electrons. The molecule has 0 saturated carbocycles. The molecular weight excluding hydrogens is 418 g/mol. The van der Waals surface area contributed by atoms with Gasteiger partial charge in [0.05, 0.1) is 11.0 Å². The summed E-state index contributed by atoms with van der Waals surface area (Å²) in [7, 11) is -0.234. The molecule has 9 nitrogen and oxygen atoms in total. The van der Waals surface area contributed by atoms with E-state index in [1.54, 1.807) is 32.0 Å². The highest BCUT2D eigenvalue weighted by molar-refractivity contribution is 7.89. The SMILES string of the molecule is CC(C)OC(=O)[C@H](CCCN=C(N)N)NS(=O)(=O)c1cccc2c(N(C)C)cccc12. The van der Waals surface area contributed by atoms with Crippen LogP contribution in [-0.2, 0) is 19.6 Å². The van der Waals surface area contributed by atoms with Crippen LogP contribution in [0.25, 0.3) is 10.8 Å². The molecule has 0 amide bonds. The standard InChI is InChI=1S/C21H31N5O4S/c1-14(2)30-20(27)17(10-7-13-24-21(22)23)25-31(28,29)19-12-6-8-15-16(19)9-5-11-18(15)26(3)4/h5-6,8-9,11-12,14,17,25H,7,10,13H2,1-4H3,(H4,22,23,24)/t17-/m0/s1. The number of esters is 1. The summed E-state index contributed by atoms with van der Waals surface area (Å²) in [5.74, 6) is -0.702.